The zero-order valence-corrected chi connectivity index (χ0v) is 12.9. The number of para-hydroxylation sites is 1. The first kappa shape index (κ1) is 14.4. The monoisotopic (exact) mass is 307 g/mol. The van der Waals surface area contributed by atoms with Crippen molar-refractivity contribution in [1.82, 2.24) is 4.98 Å². The number of nitrogens with one attached hydrogen (secondary N) is 1. The highest BCUT2D eigenvalue weighted by Gasteiger charge is 2.07. The number of fused-ring (bicyclic) bond motifs is 1. The van der Waals surface area contributed by atoms with E-state index in [2.05, 4.69) is 16.4 Å². The lowest BCUT2D eigenvalue weighted by Crippen LogP contribution is -2.01. The second kappa shape index (κ2) is 6.05. The zero-order chi connectivity index (χ0) is 15.5. The lowest BCUT2D eigenvalue weighted by Gasteiger charge is -2.11. The van der Waals surface area contributed by atoms with E-state index < -0.39 is 0 Å². The maximum absolute atomic E-state index is 9.23. The molecule has 108 valence electrons. The average molecular weight is 308 g/mol. The van der Waals surface area contributed by atoms with Crippen LogP contribution in [0.1, 0.15) is 16.8 Å². The molecule has 22 heavy (non-hydrogen) atoms. The van der Waals surface area contributed by atoms with Crippen LogP contribution < -0.4 is 5.32 Å². The highest BCUT2D eigenvalue weighted by molar-refractivity contribution is 6.30. The van der Waals surface area contributed by atoms with Crippen molar-refractivity contribution in [2.75, 3.05) is 5.32 Å². The standard InChI is InChI=1S/C18H14ClN3/c1-12-9-17(21-11-13-5-7-15(19)8-6-13)16-4-2-3-14(10-20)18(16)22-12/h2-9H,11H2,1H3,(H,21,22). The summed E-state index contributed by atoms with van der Waals surface area (Å²) in [6, 6.07) is 17.6. The number of hydrogen-bond acceptors (Lipinski definition) is 3. The van der Waals surface area contributed by atoms with Crippen LogP contribution in [0.5, 0.6) is 0 Å². The first-order valence-electron chi connectivity index (χ1n) is 6.96. The lowest BCUT2D eigenvalue weighted by molar-refractivity contribution is 1.14. The second-order valence-electron chi connectivity index (χ2n) is 5.10. The van der Waals surface area contributed by atoms with E-state index in [1.54, 1.807) is 6.07 Å². The van der Waals surface area contributed by atoms with Crippen molar-refractivity contribution in [2.45, 2.75) is 13.5 Å². The number of rotatable bonds is 3. The molecule has 1 aromatic heterocycles. The molecule has 0 unspecified atom stereocenters. The Bertz CT molecular complexity index is 864. The normalized spacial score (nSPS) is 10.4. The first-order valence-corrected chi connectivity index (χ1v) is 7.34. The third-order valence-electron chi connectivity index (χ3n) is 3.48. The molecule has 0 aliphatic heterocycles. The van der Waals surface area contributed by atoms with E-state index in [1.807, 2.05) is 49.4 Å². The molecule has 1 heterocycles. The molecular weight excluding hydrogens is 294 g/mol. The summed E-state index contributed by atoms with van der Waals surface area (Å²) in [7, 11) is 0. The van der Waals surface area contributed by atoms with Crippen LogP contribution in [-0.2, 0) is 6.54 Å². The highest BCUT2D eigenvalue weighted by Crippen LogP contribution is 2.26. The van der Waals surface area contributed by atoms with Crippen LogP contribution in [0.15, 0.2) is 48.5 Å². The van der Waals surface area contributed by atoms with Crippen LogP contribution in [0.3, 0.4) is 0 Å². The smallest absolute Gasteiger partial charge is 0.101 e. The number of pyridine rings is 1. The molecule has 0 bridgehead atoms. The Morgan fingerprint density at radius 3 is 2.68 bits per heavy atom. The molecular formula is C18H14ClN3. The van der Waals surface area contributed by atoms with Crippen LogP contribution in [0.4, 0.5) is 5.69 Å². The topological polar surface area (TPSA) is 48.7 Å². The van der Waals surface area contributed by atoms with Gasteiger partial charge in [-0.25, -0.2) is 0 Å². The van der Waals surface area contributed by atoms with Gasteiger partial charge in [0.05, 0.1) is 11.1 Å². The molecule has 0 fully saturated rings. The van der Waals surface area contributed by atoms with Crippen LogP contribution in [0.2, 0.25) is 5.02 Å². The molecule has 0 aliphatic carbocycles. The fraction of sp³-hybridized carbons (Fsp3) is 0.111. The second-order valence-corrected chi connectivity index (χ2v) is 5.54. The van der Waals surface area contributed by atoms with Crippen LogP contribution in [-0.4, -0.2) is 4.98 Å². The van der Waals surface area contributed by atoms with E-state index in [0.29, 0.717) is 12.1 Å². The van der Waals surface area contributed by atoms with Crippen molar-refractivity contribution in [1.29, 1.82) is 5.26 Å². The van der Waals surface area contributed by atoms with Crippen LogP contribution in [0.25, 0.3) is 10.9 Å². The van der Waals surface area contributed by atoms with E-state index >= 15 is 0 Å². The van der Waals surface area contributed by atoms with Gasteiger partial charge < -0.3 is 5.32 Å². The predicted octanol–water partition coefficient (Wildman–Crippen LogP) is 4.68. The molecule has 0 radical (unpaired) electrons. The van der Waals surface area contributed by atoms with Crippen molar-refractivity contribution >= 4 is 28.2 Å². The molecule has 0 saturated carbocycles. The Morgan fingerprint density at radius 1 is 1.18 bits per heavy atom. The fourth-order valence-corrected chi connectivity index (χ4v) is 2.54. The minimum absolute atomic E-state index is 0.593. The number of anilines is 1. The largest absolute Gasteiger partial charge is 0.380 e. The third kappa shape index (κ3) is 2.88. The Kier molecular flexibility index (Phi) is 3.95. The third-order valence-corrected chi connectivity index (χ3v) is 3.74. The van der Waals surface area contributed by atoms with Crippen molar-refractivity contribution < 1.29 is 0 Å². The molecule has 0 aliphatic rings. The molecule has 0 amide bonds. The molecule has 1 N–H and O–H groups in total. The number of hydrogen-bond donors (Lipinski definition) is 1. The van der Waals surface area contributed by atoms with Gasteiger partial charge in [-0.3, -0.25) is 4.98 Å². The first-order chi connectivity index (χ1) is 10.7. The molecule has 3 rings (SSSR count). The molecule has 0 atom stereocenters. The minimum Gasteiger partial charge on any atom is -0.380 e. The Morgan fingerprint density at radius 2 is 1.95 bits per heavy atom. The maximum atomic E-state index is 9.23. The van der Waals surface area contributed by atoms with Gasteiger partial charge in [-0.05, 0) is 36.8 Å². The SMILES string of the molecule is Cc1cc(NCc2ccc(Cl)cc2)c2cccc(C#N)c2n1. The Labute approximate surface area is 134 Å². The lowest BCUT2D eigenvalue weighted by atomic mass is 10.1. The molecule has 3 aromatic rings. The summed E-state index contributed by atoms with van der Waals surface area (Å²) in [5, 5.41) is 14.3. The highest BCUT2D eigenvalue weighted by atomic mass is 35.5. The van der Waals surface area contributed by atoms with E-state index in [4.69, 9.17) is 11.6 Å². The fourth-order valence-electron chi connectivity index (χ4n) is 2.41. The quantitative estimate of drug-likeness (QED) is 0.764. The van der Waals surface area contributed by atoms with E-state index in [1.165, 1.54) is 0 Å². The molecule has 4 heteroatoms. The van der Waals surface area contributed by atoms with Gasteiger partial charge in [-0.2, -0.15) is 5.26 Å². The zero-order valence-electron chi connectivity index (χ0n) is 12.1. The number of aromatic nitrogens is 1. The number of aryl methyl sites for hydroxylation is 1. The average Bonchev–Trinajstić information content (AvgIpc) is 2.53. The van der Waals surface area contributed by atoms with Gasteiger partial charge in [-0.1, -0.05) is 35.9 Å². The van der Waals surface area contributed by atoms with Crippen LogP contribution in [0, 0.1) is 18.3 Å². The van der Waals surface area contributed by atoms with E-state index in [0.717, 1.165) is 32.9 Å². The van der Waals surface area contributed by atoms with Gasteiger partial charge in [0.1, 0.15) is 6.07 Å². The Balaban J connectivity index is 1.96. The number of nitriles is 1. The summed E-state index contributed by atoms with van der Waals surface area (Å²) in [6.45, 7) is 2.62. The molecule has 0 spiro atoms. The van der Waals surface area contributed by atoms with Gasteiger partial charge in [0, 0.05) is 28.3 Å². The van der Waals surface area contributed by atoms with Crippen molar-refractivity contribution in [3.8, 4) is 6.07 Å². The van der Waals surface area contributed by atoms with Gasteiger partial charge >= 0.3 is 0 Å². The van der Waals surface area contributed by atoms with Crippen LogP contribution >= 0.6 is 11.6 Å². The van der Waals surface area contributed by atoms with E-state index in [-0.39, 0.29) is 0 Å². The Hall–Kier alpha value is -2.57. The van der Waals surface area contributed by atoms with Gasteiger partial charge in [0.15, 0.2) is 0 Å². The summed E-state index contributed by atoms with van der Waals surface area (Å²) < 4.78 is 0. The van der Waals surface area contributed by atoms with Crippen molar-refractivity contribution in [2.24, 2.45) is 0 Å². The van der Waals surface area contributed by atoms with Gasteiger partial charge in [-0.15, -0.1) is 0 Å². The van der Waals surface area contributed by atoms with Crippen molar-refractivity contribution in [3.05, 3.63) is 70.4 Å². The summed E-state index contributed by atoms with van der Waals surface area (Å²) in [4.78, 5) is 4.49. The minimum atomic E-state index is 0.593. The summed E-state index contributed by atoms with van der Waals surface area (Å²) in [5.41, 5.74) is 4.34. The molecule has 3 nitrogen and oxygen atoms in total. The van der Waals surface area contributed by atoms with Gasteiger partial charge in [0.25, 0.3) is 0 Å². The van der Waals surface area contributed by atoms with Gasteiger partial charge in [0.2, 0.25) is 0 Å². The summed E-state index contributed by atoms with van der Waals surface area (Å²) >= 11 is 5.90. The summed E-state index contributed by atoms with van der Waals surface area (Å²) in [5.74, 6) is 0. The summed E-state index contributed by atoms with van der Waals surface area (Å²) in [6.07, 6.45) is 0. The number of halogens is 1. The van der Waals surface area contributed by atoms with Crippen molar-refractivity contribution in [3.63, 3.8) is 0 Å². The molecule has 2 aromatic carbocycles. The predicted molar refractivity (Wildman–Crippen MR) is 90.0 cm³/mol. The molecule has 0 saturated heterocycles. The number of nitrogens with zero attached hydrogens (tertiary/aromatic N) is 2. The number of benzene rings is 2. The van der Waals surface area contributed by atoms with E-state index in [9.17, 15) is 5.26 Å². The maximum Gasteiger partial charge on any atom is 0.101 e.